The van der Waals surface area contributed by atoms with Gasteiger partial charge in [0.25, 0.3) is 0 Å². The third kappa shape index (κ3) is 5.22. The molecule has 0 bridgehead atoms. The lowest BCUT2D eigenvalue weighted by molar-refractivity contribution is -0.118. The topological polar surface area (TPSA) is 36.4 Å². The van der Waals surface area contributed by atoms with Gasteiger partial charge >= 0.3 is 0 Å². The fourth-order valence-electron chi connectivity index (χ4n) is 3.65. The van der Waals surface area contributed by atoms with Crippen LogP contribution in [-0.4, -0.2) is 43.0 Å². The van der Waals surface area contributed by atoms with E-state index in [0.717, 1.165) is 39.4 Å². The third-order valence-corrected chi connectivity index (χ3v) is 6.20. The number of fused-ring (bicyclic) bond motifs is 1. The average Bonchev–Trinajstić information content (AvgIpc) is 3.04. The number of thiazole rings is 1. The minimum atomic E-state index is 0.115. The Morgan fingerprint density at radius 3 is 2.38 bits per heavy atom. The van der Waals surface area contributed by atoms with E-state index in [2.05, 4.69) is 77.0 Å². The third-order valence-electron chi connectivity index (χ3n) is 5.18. The molecule has 0 aliphatic carbocycles. The van der Waals surface area contributed by atoms with E-state index in [0.29, 0.717) is 13.0 Å². The van der Waals surface area contributed by atoms with E-state index in [4.69, 9.17) is 4.98 Å². The first-order chi connectivity index (χ1) is 13.7. The first-order valence-electron chi connectivity index (χ1n) is 10.1. The molecule has 3 rings (SSSR count). The van der Waals surface area contributed by atoms with Crippen LogP contribution in [0.25, 0.3) is 10.2 Å². The lowest BCUT2D eigenvalue weighted by Crippen LogP contribution is -2.34. The van der Waals surface area contributed by atoms with Gasteiger partial charge in [-0.3, -0.25) is 9.69 Å². The molecule has 154 valence electrons. The number of carbonyl (C=O) groups excluding carboxylic acids is 1. The largest absolute Gasteiger partial charge is 0.309 e. The van der Waals surface area contributed by atoms with Crippen molar-refractivity contribution in [3.05, 3.63) is 58.1 Å². The van der Waals surface area contributed by atoms with Crippen LogP contribution < -0.4 is 4.90 Å². The van der Waals surface area contributed by atoms with E-state index in [-0.39, 0.29) is 5.91 Å². The number of benzene rings is 2. The molecule has 1 aromatic heterocycles. The molecule has 0 aliphatic rings. The molecule has 4 nitrogen and oxygen atoms in total. The Hall–Kier alpha value is -2.24. The van der Waals surface area contributed by atoms with Crippen molar-refractivity contribution in [1.29, 1.82) is 0 Å². The number of anilines is 1. The van der Waals surface area contributed by atoms with Gasteiger partial charge in [0.15, 0.2) is 5.13 Å². The van der Waals surface area contributed by atoms with Crippen LogP contribution in [0.4, 0.5) is 5.13 Å². The van der Waals surface area contributed by atoms with Crippen molar-refractivity contribution in [2.75, 3.05) is 32.1 Å². The van der Waals surface area contributed by atoms with Gasteiger partial charge in [0.05, 0.1) is 16.6 Å². The van der Waals surface area contributed by atoms with E-state index in [1.807, 2.05) is 4.90 Å². The zero-order chi connectivity index (χ0) is 21.1. The smallest absolute Gasteiger partial charge is 0.233 e. The fraction of sp³-hybridized carbons (Fsp3) is 0.417. The van der Waals surface area contributed by atoms with Crippen LogP contribution in [0.1, 0.15) is 34.2 Å². The molecule has 0 unspecified atom stereocenters. The number of nitrogens with zero attached hydrogens (tertiary/aromatic N) is 3. The van der Waals surface area contributed by atoms with Gasteiger partial charge in [-0.1, -0.05) is 41.2 Å². The summed E-state index contributed by atoms with van der Waals surface area (Å²) in [5.41, 5.74) is 6.88. The minimum absolute atomic E-state index is 0.115. The van der Waals surface area contributed by atoms with Crippen LogP contribution in [0.3, 0.4) is 0 Å². The van der Waals surface area contributed by atoms with E-state index < -0.39 is 0 Å². The quantitative estimate of drug-likeness (QED) is 0.547. The molecule has 0 saturated heterocycles. The maximum atomic E-state index is 13.3. The van der Waals surface area contributed by atoms with E-state index in [1.165, 1.54) is 16.7 Å². The lowest BCUT2D eigenvalue weighted by atomic mass is 10.0. The summed E-state index contributed by atoms with van der Waals surface area (Å²) >= 11 is 1.62. The minimum Gasteiger partial charge on any atom is -0.309 e. The second-order valence-corrected chi connectivity index (χ2v) is 9.24. The van der Waals surface area contributed by atoms with Crippen LogP contribution in [0, 0.1) is 27.7 Å². The first-order valence-corrected chi connectivity index (χ1v) is 11.0. The highest BCUT2D eigenvalue weighted by molar-refractivity contribution is 7.22. The van der Waals surface area contributed by atoms with Crippen molar-refractivity contribution >= 4 is 32.6 Å². The number of hydrogen-bond acceptors (Lipinski definition) is 4. The maximum Gasteiger partial charge on any atom is 0.233 e. The molecule has 0 saturated carbocycles. The highest BCUT2D eigenvalue weighted by atomic mass is 32.1. The number of aryl methyl sites for hydroxylation is 4. The maximum absolute atomic E-state index is 13.3. The Morgan fingerprint density at radius 1 is 0.966 bits per heavy atom. The summed E-state index contributed by atoms with van der Waals surface area (Å²) in [5.74, 6) is 0.115. The lowest BCUT2D eigenvalue weighted by Gasteiger charge is -2.21. The van der Waals surface area contributed by atoms with Crippen molar-refractivity contribution in [1.82, 2.24) is 9.88 Å². The fourth-order valence-corrected chi connectivity index (χ4v) is 4.83. The van der Waals surface area contributed by atoms with Gasteiger partial charge in [-0.15, -0.1) is 0 Å². The predicted molar refractivity (Wildman–Crippen MR) is 124 cm³/mol. The second kappa shape index (κ2) is 9.06. The Kier molecular flexibility index (Phi) is 6.70. The van der Waals surface area contributed by atoms with Gasteiger partial charge in [0.1, 0.15) is 0 Å². The number of carbonyl (C=O) groups is 1. The van der Waals surface area contributed by atoms with Gasteiger partial charge in [-0.25, -0.2) is 4.98 Å². The molecule has 1 heterocycles. The van der Waals surface area contributed by atoms with Gasteiger partial charge in [-0.05, 0) is 83.1 Å². The molecule has 0 aliphatic heterocycles. The number of amides is 1. The van der Waals surface area contributed by atoms with Crippen LogP contribution in [0.2, 0.25) is 0 Å². The van der Waals surface area contributed by atoms with Crippen molar-refractivity contribution in [2.24, 2.45) is 0 Å². The Bertz CT molecular complexity index is 1020. The summed E-state index contributed by atoms with van der Waals surface area (Å²) < 4.78 is 1.15. The van der Waals surface area contributed by atoms with Gasteiger partial charge in [-0.2, -0.15) is 0 Å². The highest BCUT2D eigenvalue weighted by Gasteiger charge is 2.21. The van der Waals surface area contributed by atoms with Gasteiger partial charge in [0.2, 0.25) is 5.91 Å². The summed E-state index contributed by atoms with van der Waals surface area (Å²) in [6.07, 6.45) is 1.32. The number of aromatic nitrogens is 1. The summed E-state index contributed by atoms with van der Waals surface area (Å²) in [4.78, 5) is 22.2. The molecule has 0 spiro atoms. The standard InChI is InChI=1S/C24H31N3OS/c1-16-8-9-20(18(3)12-16)15-22(28)27(11-7-10-26(5)6)24-25-23-19(4)13-17(2)14-21(23)29-24/h8-9,12-14H,7,10-11,15H2,1-6H3. The second-order valence-electron chi connectivity index (χ2n) is 8.23. The molecule has 0 fully saturated rings. The van der Waals surface area contributed by atoms with Crippen LogP contribution >= 0.6 is 11.3 Å². The molecule has 1 amide bonds. The number of hydrogen-bond donors (Lipinski definition) is 0. The Balaban J connectivity index is 1.91. The predicted octanol–water partition coefficient (Wildman–Crippen LogP) is 5.06. The molecular weight excluding hydrogens is 378 g/mol. The SMILES string of the molecule is Cc1ccc(CC(=O)N(CCCN(C)C)c2nc3c(C)cc(C)cc3s2)c(C)c1. The molecule has 29 heavy (non-hydrogen) atoms. The number of rotatable bonds is 7. The van der Waals surface area contributed by atoms with Crippen molar-refractivity contribution in [3.8, 4) is 0 Å². The van der Waals surface area contributed by atoms with E-state index in [9.17, 15) is 4.79 Å². The monoisotopic (exact) mass is 409 g/mol. The average molecular weight is 410 g/mol. The Labute approximate surface area is 178 Å². The van der Waals surface area contributed by atoms with E-state index in [1.54, 1.807) is 11.3 Å². The molecule has 0 radical (unpaired) electrons. The van der Waals surface area contributed by atoms with Crippen LogP contribution in [0.5, 0.6) is 0 Å². The molecule has 0 N–H and O–H groups in total. The first kappa shape index (κ1) is 21.5. The Morgan fingerprint density at radius 2 is 1.69 bits per heavy atom. The van der Waals surface area contributed by atoms with Crippen LogP contribution in [0.15, 0.2) is 30.3 Å². The van der Waals surface area contributed by atoms with Gasteiger partial charge in [0, 0.05) is 6.54 Å². The summed E-state index contributed by atoms with van der Waals surface area (Å²) in [6, 6.07) is 10.6. The zero-order valence-corrected chi connectivity index (χ0v) is 19.2. The van der Waals surface area contributed by atoms with Crippen molar-refractivity contribution < 1.29 is 4.79 Å². The molecule has 3 aromatic rings. The van der Waals surface area contributed by atoms with Crippen molar-refractivity contribution in [3.63, 3.8) is 0 Å². The summed E-state index contributed by atoms with van der Waals surface area (Å²) in [5, 5.41) is 0.808. The molecule has 0 atom stereocenters. The van der Waals surface area contributed by atoms with Gasteiger partial charge < -0.3 is 4.90 Å². The van der Waals surface area contributed by atoms with Crippen LogP contribution in [-0.2, 0) is 11.2 Å². The summed E-state index contributed by atoms with van der Waals surface area (Å²) in [7, 11) is 4.12. The highest BCUT2D eigenvalue weighted by Crippen LogP contribution is 2.32. The molecule has 5 heteroatoms. The molecule has 2 aromatic carbocycles. The molecular formula is C24H31N3OS. The van der Waals surface area contributed by atoms with E-state index >= 15 is 0 Å². The zero-order valence-electron chi connectivity index (χ0n) is 18.4. The summed E-state index contributed by atoms with van der Waals surface area (Å²) in [6.45, 7) is 9.97. The normalized spacial score (nSPS) is 11.4. The van der Waals surface area contributed by atoms with Crippen molar-refractivity contribution in [2.45, 2.75) is 40.5 Å².